The monoisotopic (exact) mass is 522 g/mol. The average molecular weight is 523 g/mol. The maximum atomic E-state index is 12.8. The standard InChI is InChI=1S/C27H34N6O5/c1-35-15-12-32-13-16-37-20(18-32)6-4-14-38-22-8-7-21-23(24(22)36-2)30-27(33-11-10-29-25(21)33)31-26(34)19-5-3-9-28-17-19/h3,5,7-9,17,20H,4,6,10-16,18H2,1-2H3,(H,30,31,34). The first-order valence-electron chi connectivity index (χ1n) is 13.0. The molecule has 0 spiro atoms. The number of ether oxygens (including phenoxy) is 4. The van der Waals surface area contributed by atoms with Crippen LogP contribution < -0.4 is 14.8 Å². The largest absolute Gasteiger partial charge is 0.491 e. The molecule has 1 aromatic carbocycles. The van der Waals surface area contributed by atoms with Gasteiger partial charge in [0.1, 0.15) is 11.5 Å². The number of fused-ring (bicyclic) bond motifs is 3. The number of aromatic nitrogens is 1. The van der Waals surface area contributed by atoms with Crippen molar-refractivity contribution in [3.8, 4) is 11.5 Å². The third-order valence-corrected chi connectivity index (χ3v) is 6.77. The Kier molecular flexibility index (Phi) is 8.47. The quantitative estimate of drug-likeness (QED) is 0.473. The van der Waals surface area contributed by atoms with Crippen molar-refractivity contribution in [2.45, 2.75) is 18.9 Å². The van der Waals surface area contributed by atoms with Gasteiger partial charge < -0.3 is 18.9 Å². The molecule has 2 aromatic rings. The van der Waals surface area contributed by atoms with Gasteiger partial charge in [0.25, 0.3) is 5.91 Å². The second-order valence-electron chi connectivity index (χ2n) is 9.26. The predicted octanol–water partition coefficient (Wildman–Crippen LogP) is 2.09. The average Bonchev–Trinajstić information content (AvgIpc) is 3.45. The lowest BCUT2D eigenvalue weighted by atomic mass is 10.1. The summed E-state index contributed by atoms with van der Waals surface area (Å²) in [6.07, 6.45) is 5.09. The second-order valence-corrected chi connectivity index (χ2v) is 9.26. The number of pyridine rings is 1. The number of aliphatic imine (C=N–C) groups is 2. The molecule has 1 unspecified atom stereocenters. The number of rotatable bonds is 10. The minimum atomic E-state index is -0.288. The first kappa shape index (κ1) is 26.1. The molecule has 11 nitrogen and oxygen atoms in total. The molecule has 5 rings (SSSR count). The number of carbonyl (C=O) groups excluding carboxylic acids is 1. The summed E-state index contributed by atoms with van der Waals surface area (Å²) in [6, 6.07) is 7.28. The molecule has 38 heavy (non-hydrogen) atoms. The van der Waals surface area contributed by atoms with E-state index in [0.717, 1.165) is 57.1 Å². The van der Waals surface area contributed by atoms with Gasteiger partial charge in [0.05, 0.1) is 45.1 Å². The Hall–Kier alpha value is -3.54. The van der Waals surface area contributed by atoms with Gasteiger partial charge in [-0.1, -0.05) is 0 Å². The molecule has 3 aliphatic heterocycles. The number of nitrogens with one attached hydrogen (secondary N) is 1. The van der Waals surface area contributed by atoms with Crippen molar-refractivity contribution in [2.24, 2.45) is 9.98 Å². The maximum Gasteiger partial charge on any atom is 0.259 e. The van der Waals surface area contributed by atoms with Crippen LogP contribution in [0.2, 0.25) is 0 Å². The van der Waals surface area contributed by atoms with Gasteiger partial charge in [-0.3, -0.25) is 29.9 Å². The van der Waals surface area contributed by atoms with Crippen LogP contribution in [-0.2, 0) is 9.47 Å². The van der Waals surface area contributed by atoms with E-state index in [0.29, 0.717) is 48.4 Å². The van der Waals surface area contributed by atoms with Crippen LogP contribution in [0.25, 0.3) is 0 Å². The first-order valence-corrected chi connectivity index (χ1v) is 13.0. The van der Waals surface area contributed by atoms with Crippen molar-refractivity contribution in [3.63, 3.8) is 0 Å². The molecule has 1 N–H and O–H groups in total. The number of amides is 1. The smallest absolute Gasteiger partial charge is 0.259 e. The Morgan fingerprint density at radius 1 is 1.21 bits per heavy atom. The Balaban J connectivity index is 1.26. The van der Waals surface area contributed by atoms with Crippen LogP contribution in [0.1, 0.15) is 28.8 Å². The third-order valence-electron chi connectivity index (χ3n) is 6.77. The number of guanidine groups is 1. The van der Waals surface area contributed by atoms with E-state index < -0.39 is 0 Å². The highest BCUT2D eigenvalue weighted by Crippen LogP contribution is 2.43. The molecular weight excluding hydrogens is 488 g/mol. The van der Waals surface area contributed by atoms with Gasteiger partial charge in [0.2, 0.25) is 5.96 Å². The minimum Gasteiger partial charge on any atom is -0.491 e. The summed E-state index contributed by atoms with van der Waals surface area (Å²) in [6.45, 7) is 6.02. The lowest BCUT2D eigenvalue weighted by Crippen LogP contribution is -2.47. The number of nitrogens with zero attached hydrogens (tertiary/aromatic N) is 5. The molecule has 1 aromatic heterocycles. The molecule has 1 saturated heterocycles. The molecule has 11 heteroatoms. The summed E-state index contributed by atoms with van der Waals surface area (Å²) < 4.78 is 23.0. The van der Waals surface area contributed by atoms with E-state index in [9.17, 15) is 4.79 Å². The summed E-state index contributed by atoms with van der Waals surface area (Å²) in [4.78, 5) is 30.6. The molecule has 1 fully saturated rings. The summed E-state index contributed by atoms with van der Waals surface area (Å²) in [5.41, 5.74) is 1.89. The molecule has 0 radical (unpaired) electrons. The van der Waals surface area contributed by atoms with Crippen LogP contribution in [-0.4, -0.2) is 105 Å². The van der Waals surface area contributed by atoms with Gasteiger partial charge in [-0.15, -0.1) is 0 Å². The number of amidine groups is 1. The SMILES string of the molecule is COCCN1CCOC(CCCOc2ccc3c(c2OC)N=C(NC(=O)c2cccnc2)N2CCN=C32)C1. The summed E-state index contributed by atoms with van der Waals surface area (Å²) in [7, 11) is 3.32. The highest BCUT2D eigenvalue weighted by Gasteiger charge is 2.33. The lowest BCUT2D eigenvalue weighted by Gasteiger charge is -2.32. The van der Waals surface area contributed by atoms with Crippen LogP contribution in [0.15, 0.2) is 46.6 Å². The number of morpholine rings is 1. The molecule has 1 amide bonds. The fourth-order valence-corrected chi connectivity index (χ4v) is 4.84. The van der Waals surface area contributed by atoms with E-state index >= 15 is 0 Å². The molecule has 4 heterocycles. The predicted molar refractivity (Wildman–Crippen MR) is 143 cm³/mol. The second kappa shape index (κ2) is 12.3. The molecule has 0 aliphatic carbocycles. The Labute approximate surface area is 222 Å². The zero-order chi connectivity index (χ0) is 26.3. The van der Waals surface area contributed by atoms with E-state index in [1.54, 1.807) is 32.5 Å². The third kappa shape index (κ3) is 5.79. The number of hydrogen-bond donors (Lipinski definition) is 1. The number of carbonyl (C=O) groups is 1. The summed E-state index contributed by atoms with van der Waals surface area (Å²) >= 11 is 0. The van der Waals surface area contributed by atoms with Crippen LogP contribution in [0, 0.1) is 0 Å². The zero-order valence-electron chi connectivity index (χ0n) is 21.9. The topological polar surface area (TPSA) is 110 Å². The van der Waals surface area contributed by atoms with Crippen LogP contribution in [0.3, 0.4) is 0 Å². The Morgan fingerprint density at radius 3 is 2.95 bits per heavy atom. The van der Waals surface area contributed by atoms with Crippen molar-refractivity contribution in [1.82, 2.24) is 20.1 Å². The maximum absolute atomic E-state index is 12.8. The molecular formula is C27H34N6O5. The number of hydrogen-bond acceptors (Lipinski definition) is 10. The molecule has 202 valence electrons. The molecule has 0 saturated carbocycles. The molecule has 3 aliphatic rings. The minimum absolute atomic E-state index is 0.191. The Morgan fingerprint density at radius 2 is 2.13 bits per heavy atom. The van der Waals surface area contributed by atoms with Crippen molar-refractivity contribution < 1.29 is 23.7 Å². The van der Waals surface area contributed by atoms with E-state index in [1.165, 1.54) is 6.20 Å². The van der Waals surface area contributed by atoms with Gasteiger partial charge >= 0.3 is 0 Å². The van der Waals surface area contributed by atoms with E-state index in [-0.39, 0.29) is 12.0 Å². The van der Waals surface area contributed by atoms with E-state index in [2.05, 4.69) is 20.2 Å². The lowest BCUT2D eigenvalue weighted by molar-refractivity contribution is -0.0391. The zero-order valence-corrected chi connectivity index (χ0v) is 21.9. The van der Waals surface area contributed by atoms with E-state index in [4.69, 9.17) is 23.9 Å². The summed E-state index contributed by atoms with van der Waals surface area (Å²) in [5.74, 6) is 2.00. The van der Waals surface area contributed by atoms with Crippen LogP contribution in [0.4, 0.5) is 5.69 Å². The van der Waals surface area contributed by atoms with Crippen LogP contribution in [0.5, 0.6) is 11.5 Å². The Bertz CT molecular complexity index is 1190. The number of methoxy groups -OCH3 is 2. The van der Waals surface area contributed by atoms with Gasteiger partial charge in [-0.25, -0.2) is 4.99 Å². The number of benzene rings is 1. The van der Waals surface area contributed by atoms with Crippen molar-refractivity contribution in [2.75, 3.05) is 66.8 Å². The first-order chi connectivity index (χ1) is 18.7. The molecule has 0 bridgehead atoms. The van der Waals surface area contributed by atoms with Crippen LogP contribution >= 0.6 is 0 Å². The van der Waals surface area contributed by atoms with Crippen molar-refractivity contribution in [1.29, 1.82) is 0 Å². The fraction of sp³-hybridized carbons (Fsp3) is 0.481. The van der Waals surface area contributed by atoms with Gasteiger partial charge in [-0.2, -0.15) is 0 Å². The fourth-order valence-electron chi connectivity index (χ4n) is 4.84. The summed E-state index contributed by atoms with van der Waals surface area (Å²) in [5, 5.41) is 2.92. The highest BCUT2D eigenvalue weighted by atomic mass is 16.5. The highest BCUT2D eigenvalue weighted by molar-refractivity contribution is 6.20. The normalized spacial score (nSPS) is 18.8. The van der Waals surface area contributed by atoms with E-state index in [1.807, 2.05) is 17.0 Å². The van der Waals surface area contributed by atoms with Gasteiger partial charge in [-0.05, 0) is 37.1 Å². The van der Waals surface area contributed by atoms with Crippen molar-refractivity contribution >= 4 is 23.4 Å². The van der Waals surface area contributed by atoms with Crippen molar-refractivity contribution in [3.05, 3.63) is 47.8 Å². The molecule has 1 atom stereocenters. The van der Waals surface area contributed by atoms with Gasteiger partial charge in [0, 0.05) is 51.2 Å². The van der Waals surface area contributed by atoms with Gasteiger partial charge in [0.15, 0.2) is 11.5 Å².